The number of aromatic hydroxyl groups is 1. The van der Waals surface area contributed by atoms with Gasteiger partial charge in [-0.2, -0.15) is 0 Å². The van der Waals surface area contributed by atoms with Crippen LogP contribution in [-0.2, 0) is 0 Å². The van der Waals surface area contributed by atoms with Gasteiger partial charge >= 0.3 is 0 Å². The molecule has 0 aliphatic heterocycles. The van der Waals surface area contributed by atoms with Crippen LogP contribution in [0.2, 0.25) is 0 Å². The van der Waals surface area contributed by atoms with Gasteiger partial charge in [-0.15, -0.1) is 0 Å². The average Bonchev–Trinajstić information content (AvgIpc) is 2.68. The van der Waals surface area contributed by atoms with Crippen LogP contribution in [0.1, 0.15) is 32.1 Å². The van der Waals surface area contributed by atoms with Crippen molar-refractivity contribution in [2.75, 3.05) is 6.61 Å². The summed E-state index contributed by atoms with van der Waals surface area (Å²) in [6.07, 6.45) is 7.69. The molecular formula is C22H22O4. The first-order valence-electron chi connectivity index (χ1n) is 9.19. The maximum Gasteiger partial charge on any atom is 0.204 e. The Morgan fingerprint density at radius 2 is 1.81 bits per heavy atom. The van der Waals surface area contributed by atoms with Gasteiger partial charge in [-0.1, -0.05) is 37.5 Å². The Bertz CT molecular complexity index is 950. The summed E-state index contributed by atoms with van der Waals surface area (Å²) >= 11 is 0. The maximum atomic E-state index is 13.1. The van der Waals surface area contributed by atoms with Crippen LogP contribution in [-0.4, -0.2) is 11.7 Å². The van der Waals surface area contributed by atoms with Crippen molar-refractivity contribution in [3.05, 3.63) is 59.0 Å². The maximum absolute atomic E-state index is 13.1. The molecule has 1 aromatic heterocycles. The molecule has 0 radical (unpaired) electrons. The van der Waals surface area contributed by atoms with E-state index in [4.69, 9.17) is 9.15 Å². The van der Waals surface area contributed by atoms with Crippen molar-refractivity contribution in [2.24, 2.45) is 5.92 Å². The van der Waals surface area contributed by atoms with Crippen LogP contribution in [0.5, 0.6) is 11.5 Å². The zero-order chi connectivity index (χ0) is 17.9. The summed E-state index contributed by atoms with van der Waals surface area (Å²) in [4.78, 5) is 13.1. The van der Waals surface area contributed by atoms with Gasteiger partial charge in [0.05, 0.1) is 12.2 Å². The summed E-state index contributed by atoms with van der Waals surface area (Å²) in [5.74, 6) is 1.31. The molecule has 0 bridgehead atoms. The molecule has 1 heterocycles. The fourth-order valence-corrected chi connectivity index (χ4v) is 3.67. The lowest BCUT2D eigenvalue weighted by molar-refractivity contribution is 0.210. The number of rotatable bonds is 4. The number of phenolic OH excluding ortho intramolecular Hbond substituents is 1. The molecule has 4 nitrogen and oxygen atoms in total. The predicted octanol–water partition coefficient (Wildman–Crippen LogP) is 5.12. The normalized spacial score (nSPS) is 15.2. The summed E-state index contributed by atoms with van der Waals surface area (Å²) in [7, 11) is 0. The molecule has 3 aromatic rings. The second-order valence-corrected chi connectivity index (χ2v) is 6.97. The lowest BCUT2D eigenvalue weighted by Gasteiger charge is -2.22. The number of hydrogen-bond donors (Lipinski definition) is 1. The molecule has 4 heteroatoms. The first-order valence-corrected chi connectivity index (χ1v) is 9.19. The zero-order valence-corrected chi connectivity index (χ0v) is 14.6. The Morgan fingerprint density at radius 1 is 1.04 bits per heavy atom. The highest BCUT2D eigenvalue weighted by molar-refractivity contribution is 5.87. The van der Waals surface area contributed by atoms with Gasteiger partial charge in [-0.05, 0) is 48.6 Å². The molecule has 1 N–H and O–H groups in total. The fourth-order valence-electron chi connectivity index (χ4n) is 3.67. The minimum atomic E-state index is -0.115. The molecule has 2 aromatic carbocycles. The van der Waals surface area contributed by atoms with Crippen LogP contribution >= 0.6 is 0 Å². The second kappa shape index (κ2) is 7.24. The average molecular weight is 350 g/mol. The van der Waals surface area contributed by atoms with E-state index in [1.807, 2.05) is 12.1 Å². The smallest absolute Gasteiger partial charge is 0.204 e. The van der Waals surface area contributed by atoms with Gasteiger partial charge in [-0.3, -0.25) is 4.79 Å². The highest BCUT2D eigenvalue weighted by atomic mass is 16.5. The van der Waals surface area contributed by atoms with Crippen LogP contribution in [0, 0.1) is 5.92 Å². The molecule has 1 saturated carbocycles. The third-order valence-electron chi connectivity index (χ3n) is 5.14. The molecule has 0 amide bonds. The largest absolute Gasteiger partial charge is 0.508 e. The molecule has 1 aliphatic rings. The van der Waals surface area contributed by atoms with Crippen LogP contribution in [0.15, 0.2) is 57.9 Å². The van der Waals surface area contributed by atoms with E-state index in [9.17, 15) is 9.90 Å². The van der Waals surface area contributed by atoms with Crippen molar-refractivity contribution < 1.29 is 14.3 Å². The molecule has 0 unspecified atom stereocenters. The molecule has 1 fully saturated rings. The van der Waals surface area contributed by atoms with Gasteiger partial charge in [0, 0.05) is 0 Å². The molecule has 1 aliphatic carbocycles. The topological polar surface area (TPSA) is 59.7 Å². The lowest BCUT2D eigenvalue weighted by Crippen LogP contribution is -2.16. The molecule has 134 valence electrons. The van der Waals surface area contributed by atoms with Crippen molar-refractivity contribution in [3.63, 3.8) is 0 Å². The minimum Gasteiger partial charge on any atom is -0.508 e. The predicted molar refractivity (Wildman–Crippen MR) is 102 cm³/mol. The SMILES string of the molecule is O=c1c(-c2ccc(O)cc2)coc2cccc(OCC3CCCCC3)c12. The Labute approximate surface area is 152 Å². The number of hydrogen-bond acceptors (Lipinski definition) is 4. The van der Waals surface area contributed by atoms with Gasteiger partial charge in [0.15, 0.2) is 0 Å². The summed E-state index contributed by atoms with van der Waals surface area (Å²) < 4.78 is 11.7. The van der Waals surface area contributed by atoms with Gasteiger partial charge in [0.2, 0.25) is 5.43 Å². The van der Waals surface area contributed by atoms with E-state index in [2.05, 4.69) is 0 Å². The first kappa shape index (κ1) is 16.7. The number of ether oxygens (including phenoxy) is 1. The third-order valence-corrected chi connectivity index (χ3v) is 5.14. The molecule has 0 saturated heterocycles. The number of benzene rings is 2. The van der Waals surface area contributed by atoms with E-state index in [0.717, 1.165) is 0 Å². The fraction of sp³-hybridized carbons (Fsp3) is 0.318. The molecular weight excluding hydrogens is 328 g/mol. The van der Waals surface area contributed by atoms with Crippen molar-refractivity contribution >= 4 is 11.0 Å². The summed E-state index contributed by atoms with van der Waals surface area (Å²) in [5, 5.41) is 9.94. The quantitative estimate of drug-likeness (QED) is 0.709. The van der Waals surface area contributed by atoms with Crippen LogP contribution in [0.4, 0.5) is 0 Å². The molecule has 0 atom stereocenters. The Kier molecular flexibility index (Phi) is 4.65. The van der Waals surface area contributed by atoms with Gasteiger partial charge in [-0.25, -0.2) is 0 Å². The van der Waals surface area contributed by atoms with E-state index < -0.39 is 0 Å². The third kappa shape index (κ3) is 3.32. The Hall–Kier alpha value is -2.75. The van der Waals surface area contributed by atoms with Crippen molar-refractivity contribution in [3.8, 4) is 22.6 Å². The summed E-state index contributed by atoms with van der Waals surface area (Å²) in [6.45, 7) is 0.641. The van der Waals surface area contributed by atoms with E-state index >= 15 is 0 Å². The van der Waals surface area contributed by atoms with Crippen molar-refractivity contribution in [1.82, 2.24) is 0 Å². The van der Waals surface area contributed by atoms with Gasteiger partial charge < -0.3 is 14.3 Å². The summed E-state index contributed by atoms with van der Waals surface area (Å²) in [5.41, 5.74) is 1.58. The standard InChI is InChI=1S/C22H22O4/c23-17-11-9-16(10-12-17)18-14-26-20-8-4-7-19(21(20)22(18)24)25-13-15-5-2-1-3-6-15/h4,7-12,14-15,23H,1-3,5-6,13H2. The number of fused-ring (bicyclic) bond motifs is 1. The van der Waals surface area contributed by atoms with Gasteiger partial charge in [0.1, 0.15) is 28.7 Å². The minimum absolute atomic E-state index is 0.115. The highest BCUT2D eigenvalue weighted by Gasteiger charge is 2.17. The monoisotopic (exact) mass is 350 g/mol. The van der Waals surface area contributed by atoms with Gasteiger partial charge in [0.25, 0.3) is 0 Å². The van der Waals surface area contributed by atoms with Crippen LogP contribution in [0.25, 0.3) is 22.1 Å². The molecule has 4 rings (SSSR count). The van der Waals surface area contributed by atoms with E-state index in [-0.39, 0.29) is 11.2 Å². The molecule has 26 heavy (non-hydrogen) atoms. The Morgan fingerprint density at radius 3 is 2.58 bits per heavy atom. The van der Waals surface area contributed by atoms with Crippen LogP contribution in [0.3, 0.4) is 0 Å². The van der Waals surface area contributed by atoms with E-state index in [1.165, 1.54) is 38.4 Å². The number of phenols is 1. The second-order valence-electron chi connectivity index (χ2n) is 6.97. The highest BCUT2D eigenvalue weighted by Crippen LogP contribution is 2.29. The van der Waals surface area contributed by atoms with Crippen molar-refractivity contribution in [2.45, 2.75) is 32.1 Å². The van der Waals surface area contributed by atoms with E-state index in [0.29, 0.717) is 40.4 Å². The summed E-state index contributed by atoms with van der Waals surface area (Å²) in [6, 6.07) is 12.0. The molecule has 0 spiro atoms. The Balaban J connectivity index is 1.70. The van der Waals surface area contributed by atoms with Crippen LogP contribution < -0.4 is 10.2 Å². The van der Waals surface area contributed by atoms with E-state index in [1.54, 1.807) is 30.3 Å². The van der Waals surface area contributed by atoms with Crippen molar-refractivity contribution in [1.29, 1.82) is 0 Å². The zero-order valence-electron chi connectivity index (χ0n) is 14.6. The first-order chi connectivity index (χ1) is 12.7. The lowest BCUT2D eigenvalue weighted by atomic mass is 9.90.